The van der Waals surface area contributed by atoms with E-state index in [1.54, 1.807) is 0 Å². The Balaban J connectivity index is 2.80. The van der Waals surface area contributed by atoms with Crippen molar-refractivity contribution >= 4 is 28.8 Å². The quantitative estimate of drug-likeness (QED) is 0.668. The van der Waals surface area contributed by atoms with Crippen molar-refractivity contribution < 1.29 is 0 Å². The van der Waals surface area contributed by atoms with Gasteiger partial charge in [-0.2, -0.15) is 0 Å². The van der Waals surface area contributed by atoms with Gasteiger partial charge in [-0.15, -0.1) is 11.6 Å². The van der Waals surface area contributed by atoms with Gasteiger partial charge in [0.05, 0.1) is 22.3 Å². The minimum Gasteiger partial charge on any atom is -0.301 e. The smallest absolute Gasteiger partial charge is 0.137 e. The molecular weight excluding hydrogens is 207 g/mol. The number of halogens is 2. The summed E-state index contributed by atoms with van der Waals surface area (Å²) in [5, 5.41) is 0.691. The molecule has 68 valence electrons. The molecular formula is C9H8Cl2N2. The highest BCUT2D eigenvalue weighted by molar-refractivity contribution is 6.30. The van der Waals surface area contributed by atoms with Crippen LogP contribution in [-0.2, 0) is 5.88 Å². The molecule has 13 heavy (non-hydrogen) atoms. The first-order chi connectivity index (χ1) is 6.22. The largest absolute Gasteiger partial charge is 0.301 e. The van der Waals surface area contributed by atoms with Crippen LogP contribution in [0.5, 0.6) is 0 Å². The standard InChI is InChI=1S/C9H8Cl2N2/c1-6-8(4-10)13-5-7(11)2-3-9(13)12-6/h2-3,5H,4H2,1H3. The number of rotatable bonds is 1. The van der Waals surface area contributed by atoms with Gasteiger partial charge in [-0.3, -0.25) is 0 Å². The number of hydrogen-bond acceptors (Lipinski definition) is 1. The van der Waals surface area contributed by atoms with Crippen molar-refractivity contribution in [2.45, 2.75) is 12.8 Å². The summed E-state index contributed by atoms with van der Waals surface area (Å²) in [7, 11) is 0. The number of alkyl halides is 1. The Kier molecular flexibility index (Phi) is 2.18. The predicted octanol–water partition coefficient (Wildman–Crippen LogP) is 3.03. The fraction of sp³-hybridized carbons (Fsp3) is 0.222. The Bertz CT molecular complexity index is 448. The molecule has 0 saturated heterocycles. The van der Waals surface area contributed by atoms with Gasteiger partial charge in [-0.1, -0.05) is 11.6 Å². The third kappa shape index (κ3) is 1.40. The van der Waals surface area contributed by atoms with Crippen molar-refractivity contribution in [3.63, 3.8) is 0 Å². The third-order valence-corrected chi connectivity index (χ3v) is 2.48. The highest BCUT2D eigenvalue weighted by atomic mass is 35.5. The summed E-state index contributed by atoms with van der Waals surface area (Å²) in [6.07, 6.45) is 1.83. The Morgan fingerprint density at radius 2 is 2.23 bits per heavy atom. The molecule has 0 aliphatic carbocycles. The van der Waals surface area contributed by atoms with E-state index >= 15 is 0 Å². The van der Waals surface area contributed by atoms with Gasteiger partial charge in [-0.25, -0.2) is 4.98 Å². The monoisotopic (exact) mass is 214 g/mol. The van der Waals surface area contributed by atoms with E-state index < -0.39 is 0 Å². The Morgan fingerprint density at radius 1 is 1.46 bits per heavy atom. The van der Waals surface area contributed by atoms with Crippen molar-refractivity contribution in [3.8, 4) is 0 Å². The molecule has 2 aromatic rings. The second kappa shape index (κ2) is 3.20. The van der Waals surface area contributed by atoms with Gasteiger partial charge in [0, 0.05) is 6.20 Å². The van der Waals surface area contributed by atoms with Crippen LogP contribution in [0.1, 0.15) is 11.4 Å². The lowest BCUT2D eigenvalue weighted by Gasteiger charge is -1.98. The maximum atomic E-state index is 5.87. The van der Waals surface area contributed by atoms with E-state index in [4.69, 9.17) is 23.2 Å². The first-order valence-electron chi connectivity index (χ1n) is 3.91. The van der Waals surface area contributed by atoms with Gasteiger partial charge in [0.2, 0.25) is 0 Å². The molecule has 0 N–H and O–H groups in total. The second-order valence-corrected chi connectivity index (χ2v) is 3.56. The summed E-state index contributed by atoms with van der Waals surface area (Å²) in [6.45, 7) is 1.94. The van der Waals surface area contributed by atoms with Crippen molar-refractivity contribution in [1.82, 2.24) is 9.38 Å². The highest BCUT2D eigenvalue weighted by Gasteiger charge is 2.06. The zero-order valence-electron chi connectivity index (χ0n) is 7.09. The normalized spacial score (nSPS) is 11.0. The number of aryl methyl sites for hydroxylation is 1. The Morgan fingerprint density at radius 3 is 2.92 bits per heavy atom. The molecule has 0 bridgehead atoms. The zero-order chi connectivity index (χ0) is 9.42. The summed E-state index contributed by atoms with van der Waals surface area (Å²) in [5.74, 6) is 0.452. The molecule has 0 radical (unpaired) electrons. The van der Waals surface area contributed by atoms with E-state index in [1.807, 2.05) is 29.7 Å². The van der Waals surface area contributed by atoms with E-state index in [0.717, 1.165) is 17.0 Å². The molecule has 4 heteroatoms. The SMILES string of the molecule is Cc1nc2ccc(Cl)cn2c1CCl. The summed E-state index contributed by atoms with van der Waals surface area (Å²) in [6, 6.07) is 3.70. The molecule has 2 nitrogen and oxygen atoms in total. The van der Waals surface area contributed by atoms with Gasteiger partial charge >= 0.3 is 0 Å². The van der Waals surface area contributed by atoms with E-state index in [2.05, 4.69) is 4.98 Å². The topological polar surface area (TPSA) is 17.3 Å². The number of aromatic nitrogens is 2. The average Bonchev–Trinajstić information content (AvgIpc) is 2.40. The van der Waals surface area contributed by atoms with E-state index in [0.29, 0.717) is 10.9 Å². The van der Waals surface area contributed by atoms with Gasteiger partial charge in [-0.05, 0) is 19.1 Å². The number of pyridine rings is 1. The number of imidazole rings is 1. The van der Waals surface area contributed by atoms with Crippen LogP contribution < -0.4 is 0 Å². The minimum atomic E-state index is 0.452. The number of hydrogen-bond donors (Lipinski definition) is 0. The lowest BCUT2D eigenvalue weighted by Crippen LogP contribution is -1.90. The van der Waals surface area contributed by atoms with Crippen LogP contribution in [0.3, 0.4) is 0 Å². The van der Waals surface area contributed by atoms with Gasteiger partial charge in [0.1, 0.15) is 5.65 Å². The fourth-order valence-electron chi connectivity index (χ4n) is 1.35. The molecule has 0 atom stereocenters. The maximum absolute atomic E-state index is 5.87. The maximum Gasteiger partial charge on any atom is 0.137 e. The molecule has 0 spiro atoms. The predicted molar refractivity (Wildman–Crippen MR) is 54.5 cm³/mol. The van der Waals surface area contributed by atoms with Crippen LogP contribution in [0.25, 0.3) is 5.65 Å². The van der Waals surface area contributed by atoms with Crippen LogP contribution in [0.15, 0.2) is 18.3 Å². The molecule has 2 heterocycles. The molecule has 0 aliphatic heterocycles. The number of nitrogens with zero attached hydrogens (tertiary/aromatic N) is 2. The minimum absolute atomic E-state index is 0.452. The van der Waals surface area contributed by atoms with Crippen molar-refractivity contribution in [1.29, 1.82) is 0 Å². The second-order valence-electron chi connectivity index (χ2n) is 2.85. The molecule has 0 aromatic carbocycles. The molecule has 2 aromatic heterocycles. The highest BCUT2D eigenvalue weighted by Crippen LogP contribution is 2.17. The van der Waals surface area contributed by atoms with Crippen molar-refractivity contribution in [2.75, 3.05) is 0 Å². The van der Waals surface area contributed by atoms with Gasteiger partial charge < -0.3 is 4.40 Å². The lowest BCUT2D eigenvalue weighted by molar-refractivity contribution is 1.07. The summed E-state index contributed by atoms with van der Waals surface area (Å²) in [5.41, 5.74) is 2.84. The summed E-state index contributed by atoms with van der Waals surface area (Å²) in [4.78, 5) is 4.34. The average molecular weight is 215 g/mol. The molecule has 0 aliphatic rings. The van der Waals surface area contributed by atoms with Crippen molar-refractivity contribution in [3.05, 3.63) is 34.7 Å². The van der Waals surface area contributed by atoms with Crippen LogP contribution in [0.4, 0.5) is 0 Å². The Labute approximate surface area is 86.1 Å². The molecule has 0 saturated carbocycles. The van der Waals surface area contributed by atoms with Crippen LogP contribution >= 0.6 is 23.2 Å². The fourth-order valence-corrected chi connectivity index (χ4v) is 1.83. The molecule has 0 amide bonds. The van der Waals surface area contributed by atoms with Gasteiger partial charge in [0.25, 0.3) is 0 Å². The van der Waals surface area contributed by atoms with E-state index in [9.17, 15) is 0 Å². The van der Waals surface area contributed by atoms with E-state index in [1.165, 1.54) is 0 Å². The summed E-state index contributed by atoms with van der Waals surface area (Å²) >= 11 is 11.7. The number of fused-ring (bicyclic) bond motifs is 1. The lowest BCUT2D eigenvalue weighted by atomic mass is 10.4. The van der Waals surface area contributed by atoms with Crippen molar-refractivity contribution in [2.24, 2.45) is 0 Å². The first-order valence-corrected chi connectivity index (χ1v) is 4.82. The zero-order valence-corrected chi connectivity index (χ0v) is 8.60. The molecule has 0 unspecified atom stereocenters. The van der Waals surface area contributed by atoms with Gasteiger partial charge in [0.15, 0.2) is 0 Å². The first kappa shape index (κ1) is 8.85. The van der Waals surface area contributed by atoms with E-state index in [-0.39, 0.29) is 0 Å². The van der Waals surface area contributed by atoms with Crippen LogP contribution in [-0.4, -0.2) is 9.38 Å². The van der Waals surface area contributed by atoms with Crippen LogP contribution in [0.2, 0.25) is 5.02 Å². The Hall–Kier alpha value is -0.730. The third-order valence-electron chi connectivity index (χ3n) is 2.01. The van der Waals surface area contributed by atoms with Crippen LogP contribution in [0, 0.1) is 6.92 Å². The molecule has 0 fully saturated rings. The molecule has 2 rings (SSSR count). The summed E-state index contributed by atoms with van der Waals surface area (Å²) < 4.78 is 1.92.